The lowest BCUT2D eigenvalue weighted by Crippen LogP contribution is -2.52. The number of ether oxygens (including phenoxy) is 2. The number of carbonyl (C=O) groups excluding carboxylic acids is 3. The van der Waals surface area contributed by atoms with Crippen LogP contribution in [0.4, 0.5) is 4.79 Å². The molecule has 3 fully saturated rings. The number of amides is 2. The van der Waals surface area contributed by atoms with Gasteiger partial charge in [0.2, 0.25) is 11.8 Å². The van der Waals surface area contributed by atoms with Crippen LogP contribution in [0, 0.1) is 17.8 Å². The number of nitrogens with one attached hydrogen (secondary N) is 1. The number of hydrogen-bond acceptors (Lipinski definition) is 9. The second-order valence-corrected chi connectivity index (χ2v) is 15.1. The Morgan fingerprint density at radius 3 is 2.50 bits per heavy atom. The second kappa shape index (κ2) is 18.8. The zero-order chi connectivity index (χ0) is 36.3. The average Bonchev–Trinajstić information content (AvgIpc) is 3.49. The number of benzene rings is 2. The molecule has 3 aliphatic rings. The first-order valence-corrected chi connectivity index (χ1v) is 19.5. The highest BCUT2D eigenvalue weighted by Gasteiger charge is 2.43. The van der Waals surface area contributed by atoms with Gasteiger partial charge in [-0.2, -0.15) is 0 Å². The molecule has 1 aromatic heterocycles. The van der Waals surface area contributed by atoms with Crippen LogP contribution in [-0.2, 0) is 25.5 Å². The van der Waals surface area contributed by atoms with Gasteiger partial charge >= 0.3 is 6.09 Å². The Kier molecular flexibility index (Phi) is 13.7. The summed E-state index contributed by atoms with van der Waals surface area (Å²) in [5.74, 6) is 0.257. The van der Waals surface area contributed by atoms with Crippen LogP contribution in [0.5, 0.6) is 0 Å². The SMILES string of the molecule is NCCCC[C@H](CC(=O)[C@@H]1C[C@@H](OCCC2CCCC2)CN1C(=O)[C@@H](CCc1ccccc1)NC(=O)OCC1CC1)C(O)c1nc2ccccc2o1. The lowest BCUT2D eigenvalue weighted by Gasteiger charge is -2.30. The maximum absolute atomic E-state index is 14.5. The maximum Gasteiger partial charge on any atom is 0.407 e. The van der Waals surface area contributed by atoms with E-state index in [0.29, 0.717) is 68.4 Å². The van der Waals surface area contributed by atoms with Crippen molar-refractivity contribution in [2.45, 2.75) is 114 Å². The van der Waals surface area contributed by atoms with Gasteiger partial charge in [-0.3, -0.25) is 9.59 Å². The Balaban J connectivity index is 1.19. The summed E-state index contributed by atoms with van der Waals surface area (Å²) in [6.07, 6.45) is 9.29. The number of nitrogens with zero attached hydrogens (tertiary/aromatic N) is 2. The van der Waals surface area contributed by atoms with E-state index in [1.165, 1.54) is 25.7 Å². The maximum atomic E-state index is 14.5. The molecule has 0 spiro atoms. The summed E-state index contributed by atoms with van der Waals surface area (Å²) < 4.78 is 17.8. The van der Waals surface area contributed by atoms with Crippen LogP contribution in [0.2, 0.25) is 0 Å². The van der Waals surface area contributed by atoms with Gasteiger partial charge in [0.15, 0.2) is 11.4 Å². The van der Waals surface area contributed by atoms with Gasteiger partial charge in [0.05, 0.1) is 18.8 Å². The number of oxazole rings is 1. The van der Waals surface area contributed by atoms with Crippen molar-refractivity contribution >= 4 is 28.9 Å². The fourth-order valence-corrected chi connectivity index (χ4v) is 7.78. The van der Waals surface area contributed by atoms with Crippen LogP contribution < -0.4 is 11.1 Å². The van der Waals surface area contributed by atoms with Crippen molar-refractivity contribution in [3.63, 3.8) is 0 Å². The number of likely N-dealkylation sites (tertiary alicyclic amines) is 1. The number of aromatic nitrogens is 1. The standard InChI is InChI=1S/C41H56N4O7/c42-22-9-8-14-31(38(47)39-43-33-15-6-7-16-37(33)52-39)24-36(46)35-25-32(50-23-21-29-12-4-5-13-29)26-45(35)40(48)34(20-19-28-10-2-1-3-11-28)44-41(49)51-27-30-17-18-30/h1-3,6-7,10-11,15-16,29-32,34-35,38,47H,4-5,8-9,12-14,17-27,42H2,(H,44,49)/t31-,32-,34-,35+,38?/m1/s1. The van der Waals surface area contributed by atoms with Gasteiger partial charge in [-0.05, 0) is 81.0 Å². The number of unbranched alkanes of at least 4 members (excludes halogenated alkanes) is 1. The number of ketones is 1. The molecule has 282 valence electrons. The molecule has 2 heterocycles. The van der Waals surface area contributed by atoms with Gasteiger partial charge in [0.25, 0.3) is 0 Å². The van der Waals surface area contributed by atoms with E-state index in [0.717, 1.165) is 37.7 Å². The molecule has 6 rings (SSSR count). The molecule has 2 amide bonds. The summed E-state index contributed by atoms with van der Waals surface area (Å²) in [7, 11) is 0. The Hall–Kier alpha value is -3.80. The van der Waals surface area contributed by atoms with Crippen molar-refractivity contribution < 1.29 is 33.4 Å². The summed E-state index contributed by atoms with van der Waals surface area (Å²) in [5, 5.41) is 14.4. The topological polar surface area (TPSA) is 157 Å². The van der Waals surface area contributed by atoms with Gasteiger partial charge in [-0.25, -0.2) is 9.78 Å². The minimum atomic E-state index is -1.11. The van der Waals surface area contributed by atoms with E-state index in [1.807, 2.05) is 48.5 Å². The van der Waals surface area contributed by atoms with E-state index in [2.05, 4.69) is 10.3 Å². The van der Waals surface area contributed by atoms with E-state index in [-0.39, 0.29) is 36.7 Å². The summed E-state index contributed by atoms with van der Waals surface area (Å²) in [6.45, 7) is 1.68. The van der Waals surface area contributed by atoms with Crippen molar-refractivity contribution in [2.75, 3.05) is 26.3 Å². The number of hydrogen-bond donors (Lipinski definition) is 3. The third-order valence-electron chi connectivity index (χ3n) is 11.1. The highest BCUT2D eigenvalue weighted by atomic mass is 16.5. The molecule has 4 N–H and O–H groups in total. The number of aliphatic hydroxyl groups is 1. The molecule has 2 saturated carbocycles. The molecule has 5 atom stereocenters. The minimum Gasteiger partial charge on any atom is -0.449 e. The van der Waals surface area contributed by atoms with E-state index >= 15 is 0 Å². The molecule has 0 bridgehead atoms. The van der Waals surface area contributed by atoms with Crippen molar-refractivity contribution in [1.82, 2.24) is 15.2 Å². The molecule has 1 unspecified atom stereocenters. The molecule has 11 heteroatoms. The first-order chi connectivity index (χ1) is 25.4. The highest BCUT2D eigenvalue weighted by Crippen LogP contribution is 2.34. The molecule has 2 aliphatic carbocycles. The summed E-state index contributed by atoms with van der Waals surface area (Å²) >= 11 is 0. The van der Waals surface area contributed by atoms with Crippen molar-refractivity contribution in [1.29, 1.82) is 0 Å². The summed E-state index contributed by atoms with van der Waals surface area (Å²) in [4.78, 5) is 48.0. The molecule has 52 heavy (non-hydrogen) atoms. The molecule has 1 saturated heterocycles. The molecular formula is C41H56N4O7. The number of aliphatic hydroxyl groups excluding tert-OH is 1. The van der Waals surface area contributed by atoms with Gasteiger partial charge in [-0.1, -0.05) is 74.6 Å². The van der Waals surface area contributed by atoms with Crippen molar-refractivity contribution in [3.8, 4) is 0 Å². The number of aryl methyl sites for hydroxylation is 1. The molecule has 3 aromatic rings. The summed E-state index contributed by atoms with van der Waals surface area (Å²) in [6, 6.07) is 15.5. The number of carbonyl (C=O) groups is 3. The van der Waals surface area contributed by atoms with E-state index in [1.54, 1.807) is 11.0 Å². The van der Waals surface area contributed by atoms with Crippen LogP contribution in [0.15, 0.2) is 59.0 Å². The first-order valence-electron chi connectivity index (χ1n) is 19.5. The number of Topliss-reactive ketones (excluding diaryl/α,β-unsaturated/α-hetero) is 1. The van der Waals surface area contributed by atoms with Crippen LogP contribution in [-0.4, -0.2) is 77.3 Å². The van der Waals surface area contributed by atoms with E-state index < -0.39 is 30.2 Å². The fourth-order valence-electron chi connectivity index (χ4n) is 7.78. The lowest BCUT2D eigenvalue weighted by atomic mass is 9.88. The predicted octanol–water partition coefficient (Wildman–Crippen LogP) is 6.27. The zero-order valence-corrected chi connectivity index (χ0v) is 30.3. The second-order valence-electron chi connectivity index (χ2n) is 15.1. The Morgan fingerprint density at radius 1 is 0.981 bits per heavy atom. The quantitative estimate of drug-likeness (QED) is 0.115. The normalized spacial score (nSPS) is 20.9. The van der Waals surface area contributed by atoms with E-state index in [9.17, 15) is 19.5 Å². The van der Waals surface area contributed by atoms with Crippen LogP contribution >= 0.6 is 0 Å². The molecular weight excluding hydrogens is 660 g/mol. The smallest absolute Gasteiger partial charge is 0.407 e. The van der Waals surface area contributed by atoms with Crippen molar-refractivity contribution in [2.24, 2.45) is 23.5 Å². The molecule has 2 aromatic carbocycles. The Morgan fingerprint density at radius 2 is 1.75 bits per heavy atom. The highest BCUT2D eigenvalue weighted by molar-refractivity contribution is 5.93. The monoisotopic (exact) mass is 716 g/mol. The number of fused-ring (bicyclic) bond motifs is 1. The van der Waals surface area contributed by atoms with Crippen molar-refractivity contribution in [3.05, 3.63) is 66.1 Å². The number of alkyl carbamates (subject to hydrolysis) is 1. The van der Waals surface area contributed by atoms with Gasteiger partial charge in [0, 0.05) is 31.9 Å². The van der Waals surface area contributed by atoms with Gasteiger partial charge in [-0.15, -0.1) is 0 Å². The van der Waals surface area contributed by atoms with Crippen LogP contribution in [0.25, 0.3) is 11.1 Å². The van der Waals surface area contributed by atoms with Crippen LogP contribution in [0.3, 0.4) is 0 Å². The molecule has 0 radical (unpaired) electrons. The summed E-state index contributed by atoms with van der Waals surface area (Å²) in [5.41, 5.74) is 8.06. The van der Waals surface area contributed by atoms with E-state index in [4.69, 9.17) is 19.6 Å². The van der Waals surface area contributed by atoms with Gasteiger partial charge in [0.1, 0.15) is 17.7 Å². The third kappa shape index (κ3) is 10.6. The predicted molar refractivity (Wildman–Crippen MR) is 197 cm³/mol. The average molecular weight is 717 g/mol. The largest absolute Gasteiger partial charge is 0.449 e. The minimum absolute atomic E-state index is 0.0270. The van der Waals surface area contributed by atoms with Crippen LogP contribution in [0.1, 0.15) is 101 Å². The number of nitrogens with two attached hydrogens (primary N) is 1. The molecule has 11 nitrogen and oxygen atoms in total. The Labute approximate surface area is 307 Å². The number of rotatable bonds is 20. The molecule has 1 aliphatic heterocycles. The fraction of sp³-hybridized carbons (Fsp3) is 0.610. The first kappa shape index (κ1) is 37.9. The van der Waals surface area contributed by atoms with Gasteiger partial charge < -0.3 is 34.9 Å². The Bertz CT molecular complexity index is 1550. The lowest BCUT2D eigenvalue weighted by molar-refractivity contribution is -0.140. The zero-order valence-electron chi connectivity index (χ0n) is 30.3. The number of para-hydroxylation sites is 2. The third-order valence-corrected chi connectivity index (χ3v) is 11.1.